The molecule has 4 rings (SSSR count). The van der Waals surface area contributed by atoms with Gasteiger partial charge in [0.2, 0.25) is 5.91 Å². The maximum absolute atomic E-state index is 13.5. The topological polar surface area (TPSA) is 182 Å². The molecule has 2 aromatic rings. The predicted molar refractivity (Wildman–Crippen MR) is 140 cm³/mol. The lowest BCUT2D eigenvalue weighted by atomic mass is 10.0. The second kappa shape index (κ2) is 12.0. The van der Waals surface area contributed by atoms with Crippen molar-refractivity contribution >= 4 is 58.6 Å². The summed E-state index contributed by atoms with van der Waals surface area (Å²) in [5.41, 5.74) is 0.741. The third kappa shape index (κ3) is 7.31. The molecule has 1 unspecified atom stereocenters. The van der Waals surface area contributed by atoms with Crippen LogP contribution in [0.5, 0.6) is 0 Å². The quantitative estimate of drug-likeness (QED) is 0.136. The summed E-state index contributed by atoms with van der Waals surface area (Å²) < 4.78 is 8.03. The molecule has 1 fully saturated rings. The number of hydrogen-bond donors (Lipinski definition) is 2. The van der Waals surface area contributed by atoms with Gasteiger partial charge in [0.1, 0.15) is 41.5 Å². The predicted octanol–water partition coefficient (Wildman–Crippen LogP) is -0.628. The highest BCUT2D eigenvalue weighted by Gasteiger charge is 2.54. The molecule has 18 heteroatoms. The number of likely N-dealkylation sites (N-methyl/N-ethyl adjacent to an activating group) is 1. The van der Waals surface area contributed by atoms with E-state index in [9.17, 15) is 24.3 Å². The molecular formula is C21H28N9O6S3+. The van der Waals surface area contributed by atoms with Crippen LogP contribution >= 0.6 is 34.9 Å². The van der Waals surface area contributed by atoms with Crippen LogP contribution in [0.3, 0.4) is 0 Å². The zero-order valence-electron chi connectivity index (χ0n) is 21.6. The second-order valence-corrected chi connectivity index (χ2v) is 13.4. The highest BCUT2D eigenvalue weighted by molar-refractivity contribution is 8.01. The number of carbonyl (C=O) groups is 4. The summed E-state index contributed by atoms with van der Waals surface area (Å²) >= 11 is 4.23. The van der Waals surface area contributed by atoms with Crippen molar-refractivity contribution < 1.29 is 33.5 Å². The number of carbonyl (C=O) groups excluding carboxylic acids is 3. The minimum Gasteiger partial charge on any atom is -0.481 e. The Hall–Kier alpha value is -3.09. The fourth-order valence-electron chi connectivity index (χ4n) is 4.04. The average molecular weight is 599 g/mol. The Morgan fingerprint density at radius 2 is 2.08 bits per heavy atom. The van der Waals surface area contributed by atoms with E-state index in [-0.39, 0.29) is 25.2 Å². The van der Waals surface area contributed by atoms with Crippen molar-refractivity contribution in [1.82, 2.24) is 40.6 Å². The largest absolute Gasteiger partial charge is 0.481 e. The van der Waals surface area contributed by atoms with E-state index in [1.54, 1.807) is 0 Å². The fraction of sp³-hybridized carbons (Fsp3) is 0.571. The van der Waals surface area contributed by atoms with Gasteiger partial charge in [-0.3, -0.25) is 19.3 Å². The Bertz CT molecular complexity index is 1280. The number of aliphatic carboxylic acids is 1. The molecule has 0 saturated carbocycles. The number of aromatic nitrogens is 6. The second-order valence-electron chi connectivity index (χ2n) is 9.89. The van der Waals surface area contributed by atoms with Crippen LogP contribution in [0.4, 0.5) is 0 Å². The van der Waals surface area contributed by atoms with Gasteiger partial charge in [0.05, 0.1) is 27.6 Å². The third-order valence-corrected chi connectivity index (χ3v) is 8.96. The Kier molecular flexibility index (Phi) is 8.87. The normalized spacial score (nSPS) is 19.8. The van der Waals surface area contributed by atoms with E-state index in [2.05, 4.69) is 31.0 Å². The van der Waals surface area contributed by atoms with Crippen LogP contribution in [0.1, 0.15) is 11.4 Å². The zero-order valence-corrected chi connectivity index (χ0v) is 24.1. The number of tetrazole rings is 1. The number of ether oxygens (including phenoxy) is 1. The maximum atomic E-state index is 13.5. The Labute approximate surface area is 235 Å². The lowest BCUT2D eigenvalue weighted by Crippen LogP contribution is -2.71. The number of nitrogens with zero attached hydrogens (tertiary/aromatic N) is 8. The molecule has 0 spiro atoms. The first-order valence-corrected chi connectivity index (χ1v) is 14.6. The number of aryl methyl sites for hydroxylation is 1. The number of quaternary nitrogens is 1. The van der Waals surface area contributed by atoms with Gasteiger partial charge in [-0.15, -0.1) is 27.1 Å². The first kappa shape index (κ1) is 28.9. The first-order chi connectivity index (χ1) is 18.4. The van der Waals surface area contributed by atoms with Gasteiger partial charge in [0, 0.05) is 11.5 Å². The monoisotopic (exact) mass is 598 g/mol. The molecule has 0 aromatic carbocycles. The molecule has 2 aromatic heterocycles. The lowest BCUT2D eigenvalue weighted by Gasteiger charge is -2.49. The van der Waals surface area contributed by atoms with E-state index in [1.165, 1.54) is 50.8 Å². The number of hydrogen-bond acceptors (Lipinski definition) is 13. The number of carboxylic acids is 1. The summed E-state index contributed by atoms with van der Waals surface area (Å²) in [7, 11) is 5.59. The SMILES string of the molecule is Cc1nnc(SCC2=C(C(=O)OC(CC(=O)O)C[N+](C)(C)C)N3C(=O)[C@@H](NC(=O)Cn4cnnn4)[C@H]3SC2)s1. The van der Waals surface area contributed by atoms with Crippen molar-refractivity contribution in [3.05, 3.63) is 22.6 Å². The molecule has 210 valence electrons. The van der Waals surface area contributed by atoms with Crippen molar-refractivity contribution in [2.45, 2.75) is 41.7 Å². The van der Waals surface area contributed by atoms with Crippen LogP contribution in [0.25, 0.3) is 0 Å². The molecule has 0 radical (unpaired) electrons. The van der Waals surface area contributed by atoms with Crippen molar-refractivity contribution in [3.63, 3.8) is 0 Å². The first-order valence-electron chi connectivity index (χ1n) is 11.7. The molecule has 2 N–H and O–H groups in total. The molecule has 2 aliphatic rings. The van der Waals surface area contributed by atoms with Crippen LogP contribution in [-0.2, 0) is 30.5 Å². The maximum Gasteiger partial charge on any atom is 0.355 e. The number of rotatable bonds is 12. The van der Waals surface area contributed by atoms with Gasteiger partial charge in [-0.1, -0.05) is 23.1 Å². The Morgan fingerprint density at radius 1 is 1.31 bits per heavy atom. The van der Waals surface area contributed by atoms with Crippen molar-refractivity contribution in [2.75, 3.05) is 39.2 Å². The summed E-state index contributed by atoms with van der Waals surface area (Å²) in [5, 5.41) is 31.1. The molecule has 15 nitrogen and oxygen atoms in total. The summed E-state index contributed by atoms with van der Waals surface area (Å²) in [4.78, 5) is 52.1. The van der Waals surface area contributed by atoms with Gasteiger partial charge in [0.25, 0.3) is 5.91 Å². The minimum atomic E-state index is -1.10. The van der Waals surface area contributed by atoms with Crippen LogP contribution in [0, 0.1) is 6.92 Å². The summed E-state index contributed by atoms with van der Waals surface area (Å²) in [5.74, 6) is -2.01. The van der Waals surface area contributed by atoms with Crippen molar-refractivity contribution in [3.8, 4) is 0 Å². The van der Waals surface area contributed by atoms with Crippen molar-refractivity contribution in [1.29, 1.82) is 0 Å². The number of nitrogens with one attached hydrogen (secondary N) is 1. The highest BCUT2D eigenvalue weighted by atomic mass is 32.2. The van der Waals surface area contributed by atoms with Crippen LogP contribution in [0.15, 0.2) is 21.9 Å². The molecule has 3 atom stereocenters. The molecule has 0 aliphatic carbocycles. The van der Waals surface area contributed by atoms with E-state index in [1.807, 2.05) is 28.1 Å². The summed E-state index contributed by atoms with van der Waals surface area (Å²) in [6.45, 7) is 1.94. The summed E-state index contributed by atoms with van der Waals surface area (Å²) in [6, 6.07) is -0.845. The van der Waals surface area contributed by atoms with Gasteiger partial charge in [0.15, 0.2) is 10.4 Å². The average Bonchev–Trinajstić information content (AvgIpc) is 3.50. The molecule has 4 heterocycles. The Morgan fingerprint density at radius 3 is 2.69 bits per heavy atom. The Balaban J connectivity index is 1.54. The highest BCUT2D eigenvalue weighted by Crippen LogP contribution is 2.42. The minimum absolute atomic E-state index is 0.0836. The zero-order chi connectivity index (χ0) is 28.3. The van der Waals surface area contributed by atoms with E-state index in [0.717, 1.165) is 9.35 Å². The van der Waals surface area contributed by atoms with Gasteiger partial charge in [-0.2, -0.15) is 0 Å². The number of β-lactam (4-membered cyclic amide) rings is 1. The van der Waals surface area contributed by atoms with E-state index in [4.69, 9.17) is 4.74 Å². The fourth-order valence-corrected chi connectivity index (χ4v) is 7.34. The third-order valence-electron chi connectivity index (χ3n) is 5.56. The number of thioether (sulfide) groups is 2. The molecule has 2 aliphatic heterocycles. The number of amides is 2. The molecule has 2 amide bonds. The van der Waals surface area contributed by atoms with E-state index in [0.29, 0.717) is 21.6 Å². The molecular weight excluding hydrogens is 570 g/mol. The van der Waals surface area contributed by atoms with Crippen molar-refractivity contribution in [2.24, 2.45) is 0 Å². The molecule has 1 saturated heterocycles. The molecule has 0 bridgehead atoms. The van der Waals surface area contributed by atoms with Crippen LogP contribution in [0.2, 0.25) is 0 Å². The lowest BCUT2D eigenvalue weighted by molar-refractivity contribution is -0.873. The van der Waals surface area contributed by atoms with Crippen LogP contribution in [-0.4, -0.2) is 125 Å². The van der Waals surface area contributed by atoms with Crippen LogP contribution < -0.4 is 5.32 Å². The molecule has 39 heavy (non-hydrogen) atoms. The van der Waals surface area contributed by atoms with Gasteiger partial charge in [-0.25, -0.2) is 9.48 Å². The standard InChI is InChI=1S/C21H27N9O6S3/c1-11-24-25-21(39-11)38-9-12-8-37-19-16(23-14(31)6-28-10-22-26-27-28)18(34)29(19)17(12)20(35)36-13(5-15(32)33)7-30(2,3)4/h10,13,16,19H,5-9H2,1-4H3,(H-,23,31,32,33)/p+1/t13?,16-,19-/m1/s1. The number of esters is 1. The van der Waals surface area contributed by atoms with Gasteiger partial charge >= 0.3 is 11.9 Å². The van der Waals surface area contributed by atoms with Gasteiger partial charge in [-0.05, 0) is 22.9 Å². The summed E-state index contributed by atoms with van der Waals surface area (Å²) in [6.07, 6.45) is 0.0110. The smallest absolute Gasteiger partial charge is 0.355 e. The van der Waals surface area contributed by atoms with E-state index >= 15 is 0 Å². The number of fused-ring (bicyclic) bond motifs is 1. The van der Waals surface area contributed by atoms with Gasteiger partial charge < -0.3 is 19.6 Å². The number of carboxylic acid groups (broad SMARTS) is 1. The van der Waals surface area contributed by atoms with E-state index < -0.39 is 41.3 Å².